The van der Waals surface area contributed by atoms with Gasteiger partial charge in [0.15, 0.2) is 0 Å². The van der Waals surface area contributed by atoms with Crippen LogP contribution in [0.3, 0.4) is 0 Å². The number of aromatic nitrogens is 1. The molecule has 1 atom stereocenters. The third-order valence-corrected chi connectivity index (χ3v) is 6.31. The molecule has 1 unspecified atom stereocenters. The van der Waals surface area contributed by atoms with Gasteiger partial charge in [0.2, 0.25) is 5.56 Å². The highest BCUT2D eigenvalue weighted by Crippen LogP contribution is 2.36. The Kier molecular flexibility index (Phi) is 6.41. The molecule has 164 valence electrons. The van der Waals surface area contributed by atoms with Gasteiger partial charge in [-0.1, -0.05) is 37.3 Å². The summed E-state index contributed by atoms with van der Waals surface area (Å²) in [7, 11) is 0. The SMILES string of the molecule is CC1(CO)CCN(CC(O)COc2ccc3ccccc3c2-c2ccc(=O)[nH]c2)CC1. The molecule has 31 heavy (non-hydrogen) atoms. The lowest BCUT2D eigenvalue weighted by Gasteiger charge is -2.38. The Morgan fingerprint density at radius 2 is 1.90 bits per heavy atom. The topological polar surface area (TPSA) is 85.8 Å². The van der Waals surface area contributed by atoms with Crippen LogP contribution in [-0.2, 0) is 0 Å². The second-order valence-electron chi connectivity index (χ2n) is 8.84. The highest BCUT2D eigenvalue weighted by molar-refractivity contribution is 5.99. The van der Waals surface area contributed by atoms with Crippen molar-refractivity contribution < 1.29 is 14.9 Å². The standard InChI is InChI=1S/C25H30N2O4/c1-25(17-28)10-12-27(13-11-25)15-20(29)16-31-22-8-6-18-4-2-3-5-21(18)24(22)19-7-9-23(30)26-14-19/h2-9,14,20,28-29H,10-13,15-17H2,1H3,(H,26,30). The Labute approximate surface area is 182 Å². The van der Waals surface area contributed by atoms with Crippen LogP contribution >= 0.6 is 0 Å². The van der Waals surface area contributed by atoms with Crippen molar-refractivity contribution in [3.63, 3.8) is 0 Å². The van der Waals surface area contributed by atoms with Gasteiger partial charge in [0.1, 0.15) is 18.5 Å². The average Bonchev–Trinajstić information content (AvgIpc) is 2.79. The summed E-state index contributed by atoms with van der Waals surface area (Å²) in [5, 5.41) is 22.2. The van der Waals surface area contributed by atoms with Crippen LogP contribution in [-0.4, -0.2) is 59.0 Å². The first-order valence-corrected chi connectivity index (χ1v) is 10.8. The van der Waals surface area contributed by atoms with E-state index in [0.29, 0.717) is 12.3 Å². The number of likely N-dealkylation sites (tertiary alicyclic amines) is 1. The Bertz CT molecular complexity index is 1070. The van der Waals surface area contributed by atoms with Gasteiger partial charge in [0, 0.05) is 36.5 Å². The summed E-state index contributed by atoms with van der Waals surface area (Å²) >= 11 is 0. The molecule has 4 rings (SSSR count). The Morgan fingerprint density at radius 1 is 1.13 bits per heavy atom. The molecule has 0 saturated carbocycles. The van der Waals surface area contributed by atoms with Gasteiger partial charge in [-0.25, -0.2) is 0 Å². The molecular formula is C25H30N2O4. The maximum Gasteiger partial charge on any atom is 0.247 e. The molecule has 6 nitrogen and oxygen atoms in total. The molecule has 6 heteroatoms. The van der Waals surface area contributed by atoms with Crippen LogP contribution in [0.15, 0.2) is 59.5 Å². The minimum Gasteiger partial charge on any atom is -0.490 e. The van der Waals surface area contributed by atoms with Gasteiger partial charge in [-0.15, -0.1) is 0 Å². The third kappa shape index (κ3) is 4.98. The number of aliphatic hydroxyl groups excluding tert-OH is 2. The van der Waals surface area contributed by atoms with Gasteiger partial charge in [0.05, 0.1) is 0 Å². The van der Waals surface area contributed by atoms with Gasteiger partial charge in [-0.3, -0.25) is 4.79 Å². The van der Waals surface area contributed by atoms with Gasteiger partial charge in [-0.2, -0.15) is 0 Å². The van der Waals surface area contributed by atoms with E-state index in [1.54, 1.807) is 12.3 Å². The number of nitrogens with zero attached hydrogens (tertiary/aromatic N) is 1. The first-order chi connectivity index (χ1) is 15.0. The van der Waals surface area contributed by atoms with E-state index in [1.807, 2.05) is 36.4 Å². The first-order valence-electron chi connectivity index (χ1n) is 10.8. The fraction of sp³-hybridized carbons (Fsp3) is 0.400. The zero-order chi connectivity index (χ0) is 21.8. The number of fused-ring (bicyclic) bond motifs is 1. The van der Waals surface area contributed by atoms with Gasteiger partial charge in [0.25, 0.3) is 0 Å². The maximum atomic E-state index is 11.5. The summed E-state index contributed by atoms with van der Waals surface area (Å²) in [6, 6.07) is 15.3. The van der Waals surface area contributed by atoms with Crippen molar-refractivity contribution in [2.75, 3.05) is 32.8 Å². The van der Waals surface area contributed by atoms with Crippen molar-refractivity contribution in [1.82, 2.24) is 9.88 Å². The summed E-state index contributed by atoms with van der Waals surface area (Å²) in [5.41, 5.74) is 1.60. The predicted octanol–water partition coefficient (Wildman–Crippen LogP) is 3.03. The average molecular weight is 423 g/mol. The van der Waals surface area contributed by atoms with Crippen LogP contribution < -0.4 is 10.3 Å². The van der Waals surface area contributed by atoms with Crippen LogP contribution in [0.25, 0.3) is 21.9 Å². The summed E-state index contributed by atoms with van der Waals surface area (Å²) in [4.78, 5) is 16.5. The lowest BCUT2D eigenvalue weighted by molar-refractivity contribution is 0.0220. The largest absolute Gasteiger partial charge is 0.490 e. The number of rotatable bonds is 7. The quantitative estimate of drug-likeness (QED) is 0.545. The number of H-pyrrole nitrogens is 1. The number of piperidine rings is 1. The molecule has 0 aliphatic carbocycles. The van der Waals surface area contributed by atoms with Crippen LogP contribution in [0.2, 0.25) is 0 Å². The van der Waals surface area contributed by atoms with Crippen molar-refractivity contribution in [2.45, 2.75) is 25.9 Å². The van der Waals surface area contributed by atoms with Crippen molar-refractivity contribution in [1.29, 1.82) is 0 Å². The van der Waals surface area contributed by atoms with E-state index in [9.17, 15) is 15.0 Å². The smallest absolute Gasteiger partial charge is 0.247 e. The number of hydrogen-bond acceptors (Lipinski definition) is 5. The normalized spacial score (nSPS) is 17.5. The van der Waals surface area contributed by atoms with Gasteiger partial charge >= 0.3 is 0 Å². The number of benzene rings is 2. The summed E-state index contributed by atoms with van der Waals surface area (Å²) in [6.45, 7) is 4.79. The second kappa shape index (κ2) is 9.22. The maximum absolute atomic E-state index is 11.5. The number of aliphatic hydroxyl groups is 2. The van der Waals surface area contributed by atoms with Crippen molar-refractivity contribution in [3.05, 3.63) is 65.1 Å². The number of pyridine rings is 1. The molecule has 2 aromatic carbocycles. The summed E-state index contributed by atoms with van der Waals surface area (Å²) in [6.07, 6.45) is 2.93. The number of ether oxygens (including phenoxy) is 1. The van der Waals surface area contributed by atoms with Gasteiger partial charge < -0.3 is 24.8 Å². The molecule has 1 aliphatic rings. The lowest BCUT2D eigenvalue weighted by Crippen LogP contribution is -2.44. The van der Waals surface area contributed by atoms with E-state index >= 15 is 0 Å². The third-order valence-electron chi connectivity index (χ3n) is 6.31. The van der Waals surface area contributed by atoms with E-state index < -0.39 is 6.10 Å². The molecular weight excluding hydrogens is 392 g/mol. The molecule has 3 aromatic rings. The summed E-state index contributed by atoms with van der Waals surface area (Å²) in [5.74, 6) is 0.677. The zero-order valence-electron chi connectivity index (χ0n) is 17.9. The minimum atomic E-state index is -0.617. The molecule has 0 radical (unpaired) electrons. The molecule has 0 amide bonds. The highest BCUT2D eigenvalue weighted by Gasteiger charge is 2.30. The molecule has 1 aliphatic heterocycles. The number of hydrogen-bond donors (Lipinski definition) is 3. The van der Waals surface area contributed by atoms with E-state index in [4.69, 9.17) is 4.74 Å². The first kappa shape index (κ1) is 21.6. The molecule has 1 aromatic heterocycles. The van der Waals surface area contributed by atoms with E-state index in [-0.39, 0.29) is 24.2 Å². The Morgan fingerprint density at radius 3 is 2.61 bits per heavy atom. The lowest BCUT2D eigenvalue weighted by atomic mass is 9.81. The minimum absolute atomic E-state index is 0.00535. The number of β-amino-alcohol motifs (C(OH)–C–C–N with tert-alkyl or cyclic N) is 1. The van der Waals surface area contributed by atoms with Crippen LogP contribution in [0, 0.1) is 5.41 Å². The van der Waals surface area contributed by atoms with Crippen LogP contribution in [0.5, 0.6) is 5.75 Å². The Hall–Kier alpha value is -2.67. The second-order valence-corrected chi connectivity index (χ2v) is 8.84. The highest BCUT2D eigenvalue weighted by atomic mass is 16.5. The van der Waals surface area contributed by atoms with Crippen molar-refractivity contribution in [2.24, 2.45) is 5.41 Å². The van der Waals surface area contributed by atoms with Crippen LogP contribution in [0.1, 0.15) is 19.8 Å². The van der Waals surface area contributed by atoms with E-state index in [1.165, 1.54) is 6.07 Å². The van der Waals surface area contributed by atoms with E-state index in [0.717, 1.165) is 47.8 Å². The zero-order valence-corrected chi connectivity index (χ0v) is 17.9. The van der Waals surface area contributed by atoms with Gasteiger partial charge in [-0.05, 0) is 54.3 Å². The fourth-order valence-electron chi connectivity index (χ4n) is 4.21. The number of aromatic amines is 1. The van der Waals surface area contributed by atoms with Crippen molar-refractivity contribution in [3.8, 4) is 16.9 Å². The molecule has 2 heterocycles. The molecule has 0 bridgehead atoms. The fourth-order valence-corrected chi connectivity index (χ4v) is 4.21. The van der Waals surface area contributed by atoms with Crippen molar-refractivity contribution >= 4 is 10.8 Å². The molecule has 0 spiro atoms. The molecule has 1 saturated heterocycles. The monoisotopic (exact) mass is 422 g/mol. The number of nitrogens with one attached hydrogen (secondary N) is 1. The van der Waals surface area contributed by atoms with E-state index in [2.05, 4.69) is 16.8 Å². The molecule has 1 fully saturated rings. The summed E-state index contributed by atoms with van der Waals surface area (Å²) < 4.78 is 6.09. The molecule has 3 N–H and O–H groups in total. The Balaban J connectivity index is 1.49. The van der Waals surface area contributed by atoms with Crippen LogP contribution in [0.4, 0.5) is 0 Å². The predicted molar refractivity (Wildman–Crippen MR) is 122 cm³/mol.